The second-order valence-electron chi connectivity index (χ2n) is 6.03. The van der Waals surface area contributed by atoms with Gasteiger partial charge in [0, 0.05) is 13.1 Å². The summed E-state index contributed by atoms with van der Waals surface area (Å²) in [5.74, 6) is 0.172. The van der Waals surface area contributed by atoms with Crippen molar-refractivity contribution in [2.45, 2.75) is 38.6 Å². The molecule has 0 unspecified atom stereocenters. The quantitative estimate of drug-likeness (QED) is 0.810. The van der Waals surface area contributed by atoms with Gasteiger partial charge in [0.05, 0.1) is 11.4 Å². The fourth-order valence-electron chi connectivity index (χ4n) is 2.69. The van der Waals surface area contributed by atoms with E-state index in [1.54, 1.807) is 36.2 Å². The second-order valence-corrected chi connectivity index (χ2v) is 6.03. The number of amides is 1. The maximum atomic E-state index is 12.2. The highest BCUT2D eigenvalue weighted by molar-refractivity contribution is 6.02. The number of hydrogen-bond donors (Lipinski definition) is 2. The lowest BCUT2D eigenvalue weighted by molar-refractivity contribution is 0.110. The summed E-state index contributed by atoms with van der Waals surface area (Å²) in [5, 5.41) is 9.33. The summed E-state index contributed by atoms with van der Waals surface area (Å²) in [4.78, 5) is 18.3. The molecule has 0 aromatic heterocycles. The van der Waals surface area contributed by atoms with Crippen LogP contribution in [0.2, 0.25) is 0 Å². The van der Waals surface area contributed by atoms with E-state index >= 15 is 0 Å². The molecule has 1 aliphatic carbocycles. The van der Waals surface area contributed by atoms with Crippen LogP contribution < -0.4 is 5.73 Å². The topological polar surface area (TPSA) is 88.2 Å². The number of phenols is 1. The first-order valence-corrected chi connectivity index (χ1v) is 8.16. The van der Waals surface area contributed by atoms with Crippen LogP contribution in [-0.2, 0) is 4.74 Å². The van der Waals surface area contributed by atoms with Gasteiger partial charge in [0.2, 0.25) is 0 Å². The summed E-state index contributed by atoms with van der Waals surface area (Å²) in [5.41, 5.74) is 7.55. The lowest BCUT2D eigenvalue weighted by atomic mass is 10.2. The molecular formula is C18H25N3O3. The Morgan fingerprint density at radius 1 is 1.38 bits per heavy atom. The van der Waals surface area contributed by atoms with Crippen LogP contribution in [0.4, 0.5) is 10.5 Å². The Morgan fingerprint density at radius 3 is 2.58 bits per heavy atom. The number of aromatic hydroxyl groups is 1. The molecular weight excluding hydrogens is 306 g/mol. The van der Waals surface area contributed by atoms with Gasteiger partial charge in [0.15, 0.2) is 0 Å². The predicted octanol–water partition coefficient (Wildman–Crippen LogP) is 3.34. The fourth-order valence-corrected chi connectivity index (χ4v) is 2.69. The van der Waals surface area contributed by atoms with Crippen LogP contribution in [0.25, 0.3) is 0 Å². The molecule has 2 rings (SSSR count). The lowest BCUT2D eigenvalue weighted by Crippen LogP contribution is -2.36. The van der Waals surface area contributed by atoms with Gasteiger partial charge in [-0.25, -0.2) is 9.79 Å². The summed E-state index contributed by atoms with van der Waals surface area (Å²) in [6.45, 7) is 1.87. The van der Waals surface area contributed by atoms with E-state index in [9.17, 15) is 9.90 Å². The van der Waals surface area contributed by atoms with E-state index in [0.29, 0.717) is 11.4 Å². The Hall–Kier alpha value is -2.50. The van der Waals surface area contributed by atoms with Crippen molar-refractivity contribution in [1.29, 1.82) is 0 Å². The van der Waals surface area contributed by atoms with Gasteiger partial charge in [0.25, 0.3) is 0 Å². The largest absolute Gasteiger partial charge is 0.508 e. The lowest BCUT2D eigenvalue weighted by Gasteiger charge is -2.23. The van der Waals surface area contributed by atoms with Crippen LogP contribution in [0.1, 0.15) is 32.6 Å². The van der Waals surface area contributed by atoms with E-state index in [2.05, 4.69) is 4.99 Å². The van der Waals surface area contributed by atoms with Crippen molar-refractivity contribution in [3.63, 3.8) is 0 Å². The Balaban J connectivity index is 2.03. The molecule has 1 fully saturated rings. The summed E-state index contributed by atoms with van der Waals surface area (Å²) in [6, 6.07) is 6.74. The Morgan fingerprint density at radius 2 is 2.00 bits per heavy atom. The Bertz CT molecular complexity index is 617. The zero-order valence-electron chi connectivity index (χ0n) is 14.2. The first-order valence-electron chi connectivity index (χ1n) is 8.16. The molecule has 1 aliphatic rings. The molecule has 1 aromatic carbocycles. The number of phenolic OH excluding ortho intramolecular Hbond substituents is 1. The van der Waals surface area contributed by atoms with Crippen molar-refractivity contribution < 1.29 is 14.6 Å². The van der Waals surface area contributed by atoms with Crippen LogP contribution in [0.15, 0.2) is 41.0 Å². The van der Waals surface area contributed by atoms with Gasteiger partial charge >= 0.3 is 6.09 Å². The van der Waals surface area contributed by atoms with E-state index in [1.807, 2.05) is 6.92 Å². The molecule has 1 saturated carbocycles. The van der Waals surface area contributed by atoms with E-state index in [0.717, 1.165) is 31.3 Å². The number of carbonyl (C=O) groups excluding carboxylic acids is 1. The molecule has 1 amide bonds. The minimum atomic E-state index is -0.342. The van der Waals surface area contributed by atoms with E-state index < -0.39 is 0 Å². The number of benzene rings is 1. The summed E-state index contributed by atoms with van der Waals surface area (Å²) < 4.78 is 5.41. The Labute approximate surface area is 142 Å². The number of carbonyl (C=O) groups is 1. The van der Waals surface area contributed by atoms with Crippen LogP contribution in [0.5, 0.6) is 5.75 Å². The highest BCUT2D eigenvalue weighted by Crippen LogP contribution is 2.23. The first kappa shape index (κ1) is 17.8. The van der Waals surface area contributed by atoms with Crippen molar-refractivity contribution in [1.82, 2.24) is 4.90 Å². The zero-order valence-corrected chi connectivity index (χ0v) is 14.2. The van der Waals surface area contributed by atoms with Gasteiger partial charge in [0.1, 0.15) is 12.4 Å². The van der Waals surface area contributed by atoms with Crippen LogP contribution in [-0.4, -0.2) is 41.5 Å². The zero-order chi connectivity index (χ0) is 17.5. The van der Waals surface area contributed by atoms with E-state index in [1.165, 1.54) is 6.20 Å². The van der Waals surface area contributed by atoms with Gasteiger partial charge in [-0.1, -0.05) is 12.8 Å². The molecule has 130 valence electrons. The molecule has 1 aromatic rings. The molecule has 0 atom stereocenters. The smallest absolute Gasteiger partial charge is 0.410 e. The number of hydrogen-bond acceptors (Lipinski definition) is 5. The fraction of sp³-hybridized carbons (Fsp3) is 0.444. The predicted molar refractivity (Wildman–Crippen MR) is 94.5 cm³/mol. The highest BCUT2D eigenvalue weighted by atomic mass is 16.6. The average Bonchev–Trinajstić information content (AvgIpc) is 3.13. The van der Waals surface area contributed by atoms with E-state index in [-0.39, 0.29) is 24.5 Å². The van der Waals surface area contributed by atoms with Crippen LogP contribution >= 0.6 is 0 Å². The SMILES string of the molecule is CC(=CN)C(COC(=O)N(C)C1CCCC1)=Nc1ccc(O)cc1. The minimum Gasteiger partial charge on any atom is -0.508 e. The Kier molecular flexibility index (Phi) is 6.23. The third-order valence-electron chi connectivity index (χ3n) is 4.31. The number of ether oxygens (including phenoxy) is 1. The summed E-state index contributed by atoms with van der Waals surface area (Å²) >= 11 is 0. The minimum absolute atomic E-state index is 0.0519. The third-order valence-corrected chi connectivity index (χ3v) is 4.31. The van der Waals surface area contributed by atoms with E-state index in [4.69, 9.17) is 10.5 Å². The number of nitrogens with two attached hydrogens (primary N) is 1. The van der Waals surface area contributed by atoms with Crippen molar-refractivity contribution >= 4 is 17.5 Å². The molecule has 0 spiro atoms. The second kappa shape index (κ2) is 8.38. The van der Waals surface area contributed by atoms with Crippen LogP contribution in [0.3, 0.4) is 0 Å². The molecule has 24 heavy (non-hydrogen) atoms. The molecule has 0 heterocycles. The molecule has 0 saturated heterocycles. The molecule has 0 bridgehead atoms. The molecule has 0 radical (unpaired) electrons. The van der Waals surface area contributed by atoms with Crippen LogP contribution in [0, 0.1) is 0 Å². The number of rotatable bonds is 5. The normalized spacial score (nSPS) is 16.2. The van der Waals surface area contributed by atoms with Gasteiger partial charge in [-0.2, -0.15) is 0 Å². The van der Waals surface area contributed by atoms with Gasteiger partial charge in [-0.15, -0.1) is 0 Å². The van der Waals surface area contributed by atoms with Crippen molar-refractivity contribution in [2.24, 2.45) is 10.7 Å². The average molecular weight is 331 g/mol. The summed E-state index contributed by atoms with van der Waals surface area (Å²) in [6.07, 6.45) is 5.47. The molecule has 3 N–H and O–H groups in total. The van der Waals surface area contributed by atoms with Crippen molar-refractivity contribution in [3.8, 4) is 5.75 Å². The molecule has 6 heteroatoms. The summed E-state index contributed by atoms with van der Waals surface area (Å²) in [7, 11) is 1.78. The van der Waals surface area contributed by atoms with Gasteiger partial charge in [-0.3, -0.25) is 0 Å². The number of nitrogens with zero attached hydrogens (tertiary/aromatic N) is 2. The third kappa shape index (κ3) is 4.75. The van der Waals surface area contributed by atoms with Gasteiger partial charge < -0.3 is 20.5 Å². The highest BCUT2D eigenvalue weighted by Gasteiger charge is 2.24. The monoisotopic (exact) mass is 331 g/mol. The van der Waals surface area contributed by atoms with Gasteiger partial charge in [-0.05, 0) is 55.8 Å². The van der Waals surface area contributed by atoms with Crippen molar-refractivity contribution in [3.05, 3.63) is 36.0 Å². The maximum Gasteiger partial charge on any atom is 0.410 e. The standard InChI is InChI=1S/C18H25N3O3/c1-13(11-19)17(20-14-7-9-16(22)10-8-14)12-24-18(23)21(2)15-5-3-4-6-15/h7-11,15,22H,3-6,12,19H2,1-2H3. The first-order chi connectivity index (χ1) is 11.5. The number of aliphatic imine (C=N–C) groups is 1. The molecule has 6 nitrogen and oxygen atoms in total. The van der Waals surface area contributed by atoms with Crippen molar-refractivity contribution in [2.75, 3.05) is 13.7 Å². The maximum absolute atomic E-state index is 12.2. The molecule has 0 aliphatic heterocycles.